The molecular weight excluding hydrogens is 403 g/mol. The van der Waals surface area contributed by atoms with Crippen molar-refractivity contribution in [2.45, 2.75) is 73.4 Å². The van der Waals surface area contributed by atoms with E-state index in [0.717, 1.165) is 6.42 Å². The number of esters is 1. The quantitative estimate of drug-likeness (QED) is 0.371. The van der Waals surface area contributed by atoms with Gasteiger partial charge in [0.05, 0.1) is 23.0 Å². The number of hydrogen-bond donors (Lipinski definition) is 0. The van der Waals surface area contributed by atoms with Crippen LogP contribution in [-0.2, 0) is 14.3 Å². The second kappa shape index (κ2) is 10.6. The van der Waals surface area contributed by atoms with Crippen molar-refractivity contribution < 1.29 is 14.3 Å². The van der Waals surface area contributed by atoms with E-state index in [1.165, 1.54) is 6.92 Å². The van der Waals surface area contributed by atoms with Crippen LogP contribution in [0.5, 0.6) is 0 Å². The molecular formula is C17H23BrCl2O3. The molecule has 0 saturated carbocycles. The number of halogens is 3. The van der Waals surface area contributed by atoms with Crippen LogP contribution in [0.2, 0.25) is 0 Å². The van der Waals surface area contributed by atoms with Crippen LogP contribution in [-0.4, -0.2) is 39.9 Å². The summed E-state index contributed by atoms with van der Waals surface area (Å²) in [6, 6.07) is 0. The van der Waals surface area contributed by atoms with Crippen molar-refractivity contribution in [1.82, 2.24) is 0 Å². The smallest absolute Gasteiger partial charge is 0.302 e. The highest BCUT2D eigenvalue weighted by atomic mass is 79.9. The van der Waals surface area contributed by atoms with E-state index >= 15 is 0 Å². The minimum absolute atomic E-state index is 0.130. The Morgan fingerprint density at radius 1 is 1.48 bits per heavy atom. The molecule has 6 atom stereocenters. The van der Waals surface area contributed by atoms with Crippen molar-refractivity contribution in [3.05, 3.63) is 12.2 Å². The Kier molecular flexibility index (Phi) is 9.61. The summed E-state index contributed by atoms with van der Waals surface area (Å²) >= 11 is 16.6. The Balaban J connectivity index is 2.92. The van der Waals surface area contributed by atoms with Gasteiger partial charge in [0, 0.05) is 18.2 Å². The van der Waals surface area contributed by atoms with Crippen LogP contribution in [0, 0.1) is 12.3 Å². The number of carbonyl (C=O) groups is 1. The van der Waals surface area contributed by atoms with Crippen LogP contribution in [0.4, 0.5) is 0 Å². The van der Waals surface area contributed by atoms with Gasteiger partial charge in [-0.3, -0.25) is 4.79 Å². The fourth-order valence-electron chi connectivity index (χ4n) is 2.56. The molecule has 3 nitrogen and oxygen atoms in total. The van der Waals surface area contributed by atoms with Gasteiger partial charge in [-0.15, -0.1) is 29.6 Å². The maximum absolute atomic E-state index is 11.3. The van der Waals surface area contributed by atoms with E-state index in [2.05, 4.69) is 28.8 Å². The summed E-state index contributed by atoms with van der Waals surface area (Å²) in [4.78, 5) is 11.5. The van der Waals surface area contributed by atoms with E-state index in [0.29, 0.717) is 19.3 Å². The predicted molar refractivity (Wildman–Crippen MR) is 98.3 cm³/mol. The van der Waals surface area contributed by atoms with Crippen molar-refractivity contribution >= 4 is 45.1 Å². The largest absolute Gasteiger partial charge is 0.461 e. The first kappa shape index (κ1) is 20.8. The van der Waals surface area contributed by atoms with Crippen molar-refractivity contribution in [2.75, 3.05) is 0 Å². The molecule has 0 aliphatic carbocycles. The van der Waals surface area contributed by atoms with Gasteiger partial charge in [-0.1, -0.05) is 34.9 Å². The van der Waals surface area contributed by atoms with Gasteiger partial charge in [0.25, 0.3) is 0 Å². The van der Waals surface area contributed by atoms with Gasteiger partial charge >= 0.3 is 5.97 Å². The molecule has 1 aliphatic heterocycles. The first-order valence-corrected chi connectivity index (χ1v) is 9.53. The van der Waals surface area contributed by atoms with E-state index in [-0.39, 0.29) is 33.8 Å². The molecule has 23 heavy (non-hydrogen) atoms. The molecule has 0 amide bonds. The van der Waals surface area contributed by atoms with Crippen LogP contribution in [0.3, 0.4) is 0 Å². The topological polar surface area (TPSA) is 35.5 Å². The summed E-state index contributed by atoms with van der Waals surface area (Å²) in [5, 5.41) is -0.624. The van der Waals surface area contributed by atoms with Gasteiger partial charge < -0.3 is 9.47 Å². The molecule has 1 heterocycles. The predicted octanol–water partition coefficient (Wildman–Crippen LogP) is 4.43. The number of carbonyl (C=O) groups excluding carboxylic acids is 1. The number of allylic oxidation sites excluding steroid dienone is 1. The molecule has 0 bridgehead atoms. The lowest BCUT2D eigenvalue weighted by Gasteiger charge is -2.37. The Morgan fingerprint density at radius 3 is 2.74 bits per heavy atom. The zero-order valence-electron chi connectivity index (χ0n) is 13.4. The fraction of sp³-hybridized carbons (Fsp3) is 0.706. The van der Waals surface area contributed by atoms with E-state index in [4.69, 9.17) is 39.1 Å². The van der Waals surface area contributed by atoms with Crippen molar-refractivity contribution in [3.63, 3.8) is 0 Å². The minimum atomic E-state index is -0.408. The molecule has 1 rings (SSSR count). The monoisotopic (exact) mass is 424 g/mol. The molecule has 0 N–H and O–H groups in total. The van der Waals surface area contributed by atoms with Gasteiger partial charge in [0.2, 0.25) is 0 Å². The van der Waals surface area contributed by atoms with Crippen LogP contribution in [0.25, 0.3) is 0 Å². The summed E-state index contributed by atoms with van der Waals surface area (Å²) < 4.78 is 11.6. The maximum atomic E-state index is 11.3. The normalized spacial score (nSPS) is 33.5. The lowest BCUT2D eigenvalue weighted by Crippen LogP contribution is -2.44. The number of terminal acetylenes is 1. The number of rotatable bonds is 5. The summed E-state index contributed by atoms with van der Waals surface area (Å²) in [6.45, 7) is 3.45. The van der Waals surface area contributed by atoms with Crippen molar-refractivity contribution in [3.8, 4) is 12.3 Å². The Labute approximate surface area is 157 Å². The minimum Gasteiger partial charge on any atom is -0.461 e. The average molecular weight is 426 g/mol. The highest BCUT2D eigenvalue weighted by Gasteiger charge is 2.37. The zero-order chi connectivity index (χ0) is 17.4. The molecule has 1 saturated heterocycles. The Morgan fingerprint density at radius 2 is 2.17 bits per heavy atom. The third-order valence-electron chi connectivity index (χ3n) is 3.76. The van der Waals surface area contributed by atoms with Gasteiger partial charge in [0.1, 0.15) is 6.10 Å². The van der Waals surface area contributed by atoms with E-state index in [1.807, 2.05) is 6.08 Å². The third-order valence-corrected chi connectivity index (χ3v) is 5.92. The molecule has 1 fully saturated rings. The highest BCUT2D eigenvalue weighted by molar-refractivity contribution is 9.09. The molecule has 0 radical (unpaired) electrons. The number of alkyl halides is 3. The second-order valence-electron chi connectivity index (χ2n) is 5.59. The third kappa shape index (κ3) is 7.05. The van der Waals surface area contributed by atoms with E-state index < -0.39 is 6.10 Å². The molecule has 130 valence electrons. The molecule has 0 aromatic heterocycles. The maximum Gasteiger partial charge on any atom is 0.302 e. The van der Waals surface area contributed by atoms with Gasteiger partial charge in [-0.2, -0.15) is 0 Å². The van der Waals surface area contributed by atoms with Crippen LogP contribution < -0.4 is 0 Å². The van der Waals surface area contributed by atoms with Gasteiger partial charge in [-0.25, -0.2) is 0 Å². The number of ether oxygens (including phenoxy) is 2. The van der Waals surface area contributed by atoms with E-state index in [1.54, 1.807) is 6.08 Å². The van der Waals surface area contributed by atoms with E-state index in [9.17, 15) is 4.79 Å². The Bertz CT molecular complexity index is 450. The van der Waals surface area contributed by atoms with Crippen LogP contribution in [0.1, 0.15) is 39.5 Å². The molecule has 0 unspecified atom stereocenters. The average Bonchev–Trinajstić information content (AvgIpc) is 2.49. The zero-order valence-corrected chi connectivity index (χ0v) is 16.5. The summed E-state index contributed by atoms with van der Waals surface area (Å²) in [7, 11) is 0. The van der Waals surface area contributed by atoms with Crippen molar-refractivity contribution in [1.29, 1.82) is 0 Å². The van der Waals surface area contributed by atoms with Crippen molar-refractivity contribution in [2.24, 2.45) is 0 Å². The summed E-state index contributed by atoms with van der Waals surface area (Å²) in [6.07, 6.45) is 10.6. The summed E-state index contributed by atoms with van der Waals surface area (Å²) in [5.41, 5.74) is 0. The van der Waals surface area contributed by atoms with Crippen LogP contribution in [0.15, 0.2) is 12.2 Å². The second-order valence-corrected chi connectivity index (χ2v) is 7.89. The van der Waals surface area contributed by atoms with Crippen LogP contribution >= 0.6 is 39.1 Å². The molecule has 6 heteroatoms. The molecule has 0 aromatic rings. The molecule has 0 spiro atoms. The standard InChI is InChI=1S/C17H23BrCl2O3/c1-4-6-7-8-15-13(19)9-14(20)17(22-11(3)21)10-16(23-15)12(18)5-2/h1,6-7,12-17H,5,8-10H2,2-3H3/b7-6-/t12-,13-,14-,15-,16+,17-/m0/s1. The first-order chi connectivity index (χ1) is 10.9. The Hall–Kier alpha value is -0.210. The fourth-order valence-corrected chi connectivity index (χ4v) is 3.70. The SMILES string of the molecule is C#C/C=C\C[C@@H]1O[C@@H]([C@@H](Br)CC)C[C@H](OC(C)=O)[C@@H](Cl)C[C@@H]1Cl. The summed E-state index contributed by atoms with van der Waals surface area (Å²) in [5.74, 6) is 2.12. The highest BCUT2D eigenvalue weighted by Crippen LogP contribution is 2.32. The lowest BCUT2D eigenvalue weighted by atomic mass is 9.96. The first-order valence-electron chi connectivity index (χ1n) is 7.75. The van der Waals surface area contributed by atoms with Gasteiger partial charge in [0.15, 0.2) is 0 Å². The number of hydrogen-bond acceptors (Lipinski definition) is 3. The lowest BCUT2D eigenvalue weighted by molar-refractivity contribution is -0.150. The molecule has 0 aromatic carbocycles. The van der Waals surface area contributed by atoms with Gasteiger partial charge in [-0.05, 0) is 25.3 Å². The molecule has 1 aliphatic rings.